The molecule has 2 aromatic heterocycles. The number of H-pyrrole nitrogens is 1. The number of carbonyl (C=O) groups is 1. The fourth-order valence-electron chi connectivity index (χ4n) is 1.28. The molecule has 0 bridgehead atoms. The highest BCUT2D eigenvalue weighted by Crippen LogP contribution is 2.32. The highest BCUT2D eigenvalue weighted by atomic mass is 32.1. The molecular formula is C10H7F3N2O2S. The summed E-state index contributed by atoms with van der Waals surface area (Å²) >= 11 is 1.02. The third kappa shape index (κ3) is 2.37. The molecule has 1 N–H and O–H groups in total. The molecule has 0 unspecified atom stereocenters. The number of nitrogens with zero attached hydrogens (tertiary/aromatic N) is 1. The summed E-state index contributed by atoms with van der Waals surface area (Å²) in [6.45, 7) is 0. The van der Waals surface area contributed by atoms with E-state index in [-0.39, 0.29) is 5.69 Å². The maximum absolute atomic E-state index is 12.4. The van der Waals surface area contributed by atoms with E-state index >= 15 is 0 Å². The Labute approximate surface area is 103 Å². The van der Waals surface area contributed by atoms with Gasteiger partial charge < -0.3 is 4.74 Å². The second kappa shape index (κ2) is 4.45. The van der Waals surface area contributed by atoms with Crippen molar-refractivity contribution in [2.45, 2.75) is 6.18 Å². The number of aromatic nitrogens is 2. The van der Waals surface area contributed by atoms with Gasteiger partial charge in [-0.25, -0.2) is 4.79 Å². The second-order valence-corrected chi connectivity index (χ2v) is 4.40. The lowest BCUT2D eigenvalue weighted by atomic mass is 10.3. The number of alkyl halides is 3. The Hall–Kier alpha value is -1.83. The quantitative estimate of drug-likeness (QED) is 0.858. The number of ether oxygens (including phenoxy) is 1. The van der Waals surface area contributed by atoms with E-state index in [0.717, 1.165) is 17.4 Å². The van der Waals surface area contributed by atoms with E-state index in [0.29, 0.717) is 9.75 Å². The minimum atomic E-state index is -4.46. The fourth-order valence-corrected chi connectivity index (χ4v) is 2.16. The summed E-state index contributed by atoms with van der Waals surface area (Å²) in [6.07, 6.45) is -4.46. The summed E-state index contributed by atoms with van der Waals surface area (Å²) in [6, 6.07) is 3.90. The van der Waals surface area contributed by atoms with Gasteiger partial charge in [-0.3, -0.25) is 5.10 Å². The molecule has 4 nitrogen and oxygen atoms in total. The van der Waals surface area contributed by atoms with Crippen LogP contribution in [0.3, 0.4) is 0 Å². The van der Waals surface area contributed by atoms with Gasteiger partial charge in [-0.1, -0.05) is 0 Å². The van der Waals surface area contributed by atoms with Crippen LogP contribution in [0, 0.1) is 0 Å². The molecule has 0 amide bonds. The van der Waals surface area contributed by atoms with Crippen LogP contribution >= 0.6 is 11.3 Å². The predicted molar refractivity (Wildman–Crippen MR) is 58.2 cm³/mol. The lowest BCUT2D eigenvalue weighted by Crippen LogP contribution is -2.04. The van der Waals surface area contributed by atoms with Gasteiger partial charge in [0.15, 0.2) is 0 Å². The van der Waals surface area contributed by atoms with Crippen LogP contribution in [0.25, 0.3) is 10.6 Å². The molecule has 0 aliphatic carbocycles. The monoisotopic (exact) mass is 276 g/mol. The first-order valence-electron chi connectivity index (χ1n) is 4.73. The smallest absolute Gasteiger partial charge is 0.432 e. The van der Waals surface area contributed by atoms with Crippen LogP contribution in [-0.2, 0) is 10.9 Å². The first-order chi connectivity index (χ1) is 8.41. The van der Waals surface area contributed by atoms with E-state index in [1.165, 1.54) is 19.2 Å². The van der Waals surface area contributed by atoms with Gasteiger partial charge in [-0.05, 0) is 18.2 Å². The normalized spacial score (nSPS) is 11.6. The third-order valence-corrected chi connectivity index (χ3v) is 3.22. The SMILES string of the molecule is COC(=O)c1ccc(-c2cc(C(F)(F)F)[nH]n2)s1. The first kappa shape index (κ1) is 12.6. The zero-order chi connectivity index (χ0) is 13.3. The predicted octanol–water partition coefficient (Wildman–Crippen LogP) is 2.94. The van der Waals surface area contributed by atoms with Crippen molar-refractivity contribution in [2.24, 2.45) is 0 Å². The van der Waals surface area contributed by atoms with Crippen LogP contribution in [0.15, 0.2) is 18.2 Å². The molecule has 0 aliphatic heterocycles. The standard InChI is InChI=1S/C10H7F3N2O2S/c1-17-9(16)7-3-2-6(18-7)5-4-8(15-14-5)10(11,12)13/h2-4H,1H3,(H,14,15). The molecule has 0 saturated carbocycles. The van der Waals surface area contributed by atoms with Gasteiger partial charge in [0.1, 0.15) is 16.3 Å². The number of thiophene rings is 1. The van der Waals surface area contributed by atoms with E-state index < -0.39 is 17.8 Å². The number of esters is 1. The van der Waals surface area contributed by atoms with Gasteiger partial charge in [-0.2, -0.15) is 18.3 Å². The Morgan fingerprint density at radius 3 is 2.72 bits per heavy atom. The molecule has 8 heteroatoms. The van der Waals surface area contributed by atoms with E-state index in [1.807, 2.05) is 5.10 Å². The molecule has 2 heterocycles. The van der Waals surface area contributed by atoms with Crippen LogP contribution < -0.4 is 0 Å². The highest BCUT2D eigenvalue weighted by molar-refractivity contribution is 7.17. The van der Waals surface area contributed by atoms with Crippen molar-refractivity contribution < 1.29 is 22.7 Å². The number of aromatic amines is 1. The van der Waals surface area contributed by atoms with Gasteiger partial charge >= 0.3 is 12.1 Å². The highest BCUT2D eigenvalue weighted by Gasteiger charge is 2.33. The molecule has 2 rings (SSSR count). The average molecular weight is 276 g/mol. The van der Waals surface area contributed by atoms with Crippen LogP contribution in [0.1, 0.15) is 15.4 Å². The van der Waals surface area contributed by atoms with E-state index in [4.69, 9.17) is 0 Å². The van der Waals surface area contributed by atoms with Crippen LogP contribution in [0.5, 0.6) is 0 Å². The van der Waals surface area contributed by atoms with E-state index in [2.05, 4.69) is 9.84 Å². The van der Waals surface area contributed by atoms with Gasteiger partial charge in [-0.15, -0.1) is 11.3 Å². The molecule has 0 aliphatic rings. The lowest BCUT2D eigenvalue weighted by Gasteiger charge is -1.99. The van der Waals surface area contributed by atoms with E-state index in [1.54, 1.807) is 0 Å². The average Bonchev–Trinajstić information content (AvgIpc) is 2.94. The number of methoxy groups -OCH3 is 1. The minimum absolute atomic E-state index is 0.141. The molecule has 0 atom stereocenters. The molecule has 0 radical (unpaired) electrons. The van der Waals surface area contributed by atoms with Crippen molar-refractivity contribution in [2.75, 3.05) is 7.11 Å². The van der Waals surface area contributed by atoms with Crippen molar-refractivity contribution in [3.05, 3.63) is 28.8 Å². The number of hydrogen-bond acceptors (Lipinski definition) is 4. The summed E-state index contributed by atoms with van der Waals surface area (Å²) < 4.78 is 41.6. The summed E-state index contributed by atoms with van der Waals surface area (Å²) in [5.41, 5.74) is -0.784. The largest absolute Gasteiger partial charge is 0.465 e. The number of halogens is 3. The van der Waals surface area contributed by atoms with Gasteiger partial charge in [0, 0.05) is 0 Å². The summed E-state index contributed by atoms with van der Waals surface area (Å²) in [4.78, 5) is 12.0. The zero-order valence-corrected chi connectivity index (χ0v) is 9.85. The topological polar surface area (TPSA) is 55.0 Å². The van der Waals surface area contributed by atoms with Crippen molar-refractivity contribution in [1.29, 1.82) is 0 Å². The number of nitrogens with one attached hydrogen (secondary N) is 1. The molecule has 0 fully saturated rings. The fraction of sp³-hybridized carbons (Fsp3) is 0.200. The second-order valence-electron chi connectivity index (χ2n) is 3.32. The Balaban J connectivity index is 2.30. The Bertz CT molecular complexity index is 574. The van der Waals surface area contributed by atoms with E-state index in [9.17, 15) is 18.0 Å². The molecule has 0 aromatic carbocycles. The molecule has 0 saturated heterocycles. The van der Waals surface area contributed by atoms with Gasteiger partial charge in [0.2, 0.25) is 0 Å². The van der Waals surface area contributed by atoms with Gasteiger partial charge in [0.25, 0.3) is 0 Å². The van der Waals surface area contributed by atoms with Crippen LogP contribution in [0.2, 0.25) is 0 Å². The molecular weight excluding hydrogens is 269 g/mol. The third-order valence-electron chi connectivity index (χ3n) is 2.13. The summed E-state index contributed by atoms with van der Waals surface area (Å²) in [5.74, 6) is -0.530. The van der Waals surface area contributed by atoms with Crippen molar-refractivity contribution in [1.82, 2.24) is 10.2 Å². The summed E-state index contributed by atoms with van der Waals surface area (Å²) in [7, 11) is 1.23. The Kier molecular flexibility index (Phi) is 3.12. The Morgan fingerprint density at radius 1 is 1.44 bits per heavy atom. The lowest BCUT2D eigenvalue weighted by molar-refractivity contribution is -0.141. The number of rotatable bonds is 2. The molecule has 2 aromatic rings. The van der Waals surface area contributed by atoms with Gasteiger partial charge in [0.05, 0.1) is 12.0 Å². The molecule has 0 spiro atoms. The number of carbonyl (C=O) groups excluding carboxylic acids is 1. The van der Waals surface area contributed by atoms with Crippen molar-refractivity contribution in [3.63, 3.8) is 0 Å². The molecule has 96 valence electrons. The number of hydrogen-bond donors (Lipinski definition) is 1. The summed E-state index contributed by atoms with van der Waals surface area (Å²) in [5, 5.41) is 5.48. The zero-order valence-electron chi connectivity index (χ0n) is 9.04. The molecule has 18 heavy (non-hydrogen) atoms. The Morgan fingerprint density at radius 2 is 2.17 bits per heavy atom. The van der Waals surface area contributed by atoms with Crippen molar-refractivity contribution >= 4 is 17.3 Å². The van der Waals surface area contributed by atoms with Crippen LogP contribution in [-0.4, -0.2) is 23.3 Å². The maximum Gasteiger partial charge on any atom is 0.432 e. The van der Waals surface area contributed by atoms with Crippen molar-refractivity contribution in [3.8, 4) is 10.6 Å². The maximum atomic E-state index is 12.4. The first-order valence-corrected chi connectivity index (χ1v) is 5.54. The minimum Gasteiger partial charge on any atom is -0.465 e. The van der Waals surface area contributed by atoms with Crippen LogP contribution in [0.4, 0.5) is 13.2 Å².